The summed E-state index contributed by atoms with van der Waals surface area (Å²) in [5.41, 5.74) is 1.38. The Hall–Kier alpha value is -0.870. The Morgan fingerprint density at radius 3 is 2.78 bits per heavy atom. The van der Waals surface area contributed by atoms with Gasteiger partial charge in [0.05, 0.1) is 0 Å². The lowest BCUT2D eigenvalue weighted by molar-refractivity contribution is 0.242. The molecule has 4 nitrogen and oxygen atoms in total. The van der Waals surface area contributed by atoms with Crippen molar-refractivity contribution >= 4 is 0 Å². The quantitative estimate of drug-likeness (QED) is 0.849. The lowest BCUT2D eigenvalue weighted by Gasteiger charge is -2.26. The molecule has 2 aliphatic rings. The molecule has 0 aromatic carbocycles. The summed E-state index contributed by atoms with van der Waals surface area (Å²) >= 11 is 0. The van der Waals surface area contributed by atoms with Crippen LogP contribution in [0.2, 0.25) is 0 Å². The van der Waals surface area contributed by atoms with Gasteiger partial charge in [-0.1, -0.05) is 12.8 Å². The van der Waals surface area contributed by atoms with Gasteiger partial charge in [-0.3, -0.25) is 0 Å². The monoisotopic (exact) mass is 248 g/mol. The molecule has 0 amide bonds. The van der Waals surface area contributed by atoms with E-state index in [2.05, 4.69) is 26.4 Å². The molecule has 0 atom stereocenters. The SMILES string of the molecule is c1nc(CCN2CCNCC2)[nH]c1C1CCCC1. The summed E-state index contributed by atoms with van der Waals surface area (Å²) in [5.74, 6) is 1.93. The Morgan fingerprint density at radius 1 is 1.22 bits per heavy atom. The number of nitrogens with one attached hydrogen (secondary N) is 2. The molecule has 2 N–H and O–H groups in total. The summed E-state index contributed by atoms with van der Waals surface area (Å²) in [6.07, 6.45) is 8.61. The predicted octanol–water partition coefficient (Wildman–Crippen LogP) is 1.51. The van der Waals surface area contributed by atoms with Crippen LogP contribution in [0.5, 0.6) is 0 Å². The Labute approximate surface area is 109 Å². The minimum absolute atomic E-state index is 0.755. The molecule has 2 fully saturated rings. The number of aromatic nitrogens is 2. The summed E-state index contributed by atoms with van der Waals surface area (Å²) in [4.78, 5) is 10.6. The zero-order valence-corrected chi connectivity index (χ0v) is 11.1. The van der Waals surface area contributed by atoms with Gasteiger partial charge >= 0.3 is 0 Å². The van der Waals surface area contributed by atoms with Gasteiger partial charge in [0.15, 0.2) is 0 Å². The minimum Gasteiger partial charge on any atom is -0.346 e. The minimum atomic E-state index is 0.755. The summed E-state index contributed by atoms with van der Waals surface area (Å²) in [6.45, 7) is 5.75. The fourth-order valence-electron chi connectivity index (χ4n) is 3.15. The first-order valence-corrected chi connectivity index (χ1v) is 7.38. The number of H-pyrrole nitrogens is 1. The van der Waals surface area contributed by atoms with Crippen LogP contribution in [0.4, 0.5) is 0 Å². The van der Waals surface area contributed by atoms with Crippen LogP contribution in [-0.2, 0) is 6.42 Å². The highest BCUT2D eigenvalue weighted by Gasteiger charge is 2.19. The molecule has 0 radical (unpaired) electrons. The van der Waals surface area contributed by atoms with Crippen molar-refractivity contribution in [1.29, 1.82) is 0 Å². The van der Waals surface area contributed by atoms with E-state index in [9.17, 15) is 0 Å². The predicted molar refractivity (Wildman–Crippen MR) is 72.8 cm³/mol. The number of imidazole rings is 1. The van der Waals surface area contributed by atoms with Gasteiger partial charge in [-0.15, -0.1) is 0 Å². The summed E-state index contributed by atoms with van der Waals surface area (Å²) in [6, 6.07) is 0. The van der Waals surface area contributed by atoms with Gasteiger partial charge < -0.3 is 15.2 Å². The standard InChI is InChI=1S/C14H24N4/c1-2-4-12(3-1)13-11-16-14(17-13)5-8-18-9-6-15-7-10-18/h11-12,15H,1-10H2,(H,16,17). The fraction of sp³-hybridized carbons (Fsp3) is 0.786. The topological polar surface area (TPSA) is 44.0 Å². The van der Waals surface area contributed by atoms with Gasteiger partial charge in [0.2, 0.25) is 0 Å². The van der Waals surface area contributed by atoms with Crippen molar-refractivity contribution in [3.63, 3.8) is 0 Å². The van der Waals surface area contributed by atoms with Crippen molar-refractivity contribution < 1.29 is 0 Å². The zero-order valence-electron chi connectivity index (χ0n) is 11.1. The van der Waals surface area contributed by atoms with E-state index in [0.717, 1.165) is 32.0 Å². The maximum absolute atomic E-state index is 4.55. The van der Waals surface area contributed by atoms with E-state index in [1.54, 1.807) is 0 Å². The Morgan fingerprint density at radius 2 is 2.00 bits per heavy atom. The van der Waals surface area contributed by atoms with E-state index in [1.165, 1.54) is 50.3 Å². The highest BCUT2D eigenvalue weighted by Crippen LogP contribution is 2.32. The molecule has 2 heterocycles. The van der Waals surface area contributed by atoms with Crippen LogP contribution in [0, 0.1) is 0 Å². The van der Waals surface area contributed by atoms with E-state index in [0.29, 0.717) is 0 Å². The maximum atomic E-state index is 4.55. The fourth-order valence-corrected chi connectivity index (χ4v) is 3.15. The molecule has 1 saturated carbocycles. The van der Waals surface area contributed by atoms with Crippen LogP contribution < -0.4 is 5.32 Å². The second-order valence-electron chi connectivity index (χ2n) is 5.61. The van der Waals surface area contributed by atoms with Crippen LogP contribution in [0.3, 0.4) is 0 Å². The molecular weight excluding hydrogens is 224 g/mol. The number of rotatable bonds is 4. The van der Waals surface area contributed by atoms with Gasteiger partial charge in [-0.05, 0) is 12.8 Å². The third-order valence-electron chi connectivity index (χ3n) is 4.32. The molecule has 3 rings (SSSR count). The van der Waals surface area contributed by atoms with E-state index in [4.69, 9.17) is 0 Å². The van der Waals surface area contributed by atoms with E-state index in [1.807, 2.05) is 0 Å². The zero-order chi connectivity index (χ0) is 12.2. The van der Waals surface area contributed by atoms with E-state index in [-0.39, 0.29) is 0 Å². The average Bonchev–Trinajstić information content (AvgIpc) is 3.08. The maximum Gasteiger partial charge on any atom is 0.107 e. The van der Waals surface area contributed by atoms with Crippen molar-refractivity contribution in [1.82, 2.24) is 20.2 Å². The lowest BCUT2D eigenvalue weighted by atomic mass is 10.1. The third kappa shape index (κ3) is 2.93. The molecule has 0 unspecified atom stereocenters. The van der Waals surface area contributed by atoms with Crippen molar-refractivity contribution in [3.8, 4) is 0 Å². The Kier molecular flexibility index (Phi) is 3.96. The number of piperazine rings is 1. The van der Waals surface area contributed by atoms with Crippen LogP contribution in [0.1, 0.15) is 43.1 Å². The van der Waals surface area contributed by atoms with Crippen LogP contribution in [0.15, 0.2) is 6.20 Å². The molecule has 1 aliphatic heterocycles. The molecule has 1 aliphatic carbocycles. The number of hydrogen-bond acceptors (Lipinski definition) is 3. The third-order valence-corrected chi connectivity index (χ3v) is 4.32. The highest BCUT2D eigenvalue weighted by atomic mass is 15.2. The normalized spacial score (nSPS) is 22.7. The van der Waals surface area contributed by atoms with E-state index >= 15 is 0 Å². The highest BCUT2D eigenvalue weighted by molar-refractivity contribution is 5.09. The van der Waals surface area contributed by atoms with Crippen molar-refractivity contribution in [2.75, 3.05) is 32.7 Å². The first-order valence-electron chi connectivity index (χ1n) is 7.38. The molecule has 18 heavy (non-hydrogen) atoms. The first kappa shape index (κ1) is 12.2. The van der Waals surface area contributed by atoms with Gasteiger partial charge in [0, 0.05) is 57.0 Å². The number of nitrogens with zero attached hydrogens (tertiary/aromatic N) is 2. The second-order valence-corrected chi connectivity index (χ2v) is 5.61. The molecule has 1 saturated heterocycles. The van der Waals surface area contributed by atoms with Crippen LogP contribution in [0.25, 0.3) is 0 Å². The smallest absolute Gasteiger partial charge is 0.107 e. The van der Waals surface area contributed by atoms with Crippen LogP contribution >= 0.6 is 0 Å². The summed E-state index contributed by atoms with van der Waals surface area (Å²) in [7, 11) is 0. The van der Waals surface area contributed by atoms with Crippen molar-refractivity contribution in [2.24, 2.45) is 0 Å². The molecule has 0 bridgehead atoms. The Balaban J connectivity index is 1.50. The number of aromatic amines is 1. The number of hydrogen-bond donors (Lipinski definition) is 2. The molecule has 1 aromatic heterocycles. The second kappa shape index (κ2) is 5.85. The summed E-state index contributed by atoms with van der Waals surface area (Å²) < 4.78 is 0. The lowest BCUT2D eigenvalue weighted by Crippen LogP contribution is -2.44. The van der Waals surface area contributed by atoms with Gasteiger partial charge in [-0.25, -0.2) is 4.98 Å². The summed E-state index contributed by atoms with van der Waals surface area (Å²) in [5, 5.41) is 3.39. The molecule has 1 aromatic rings. The molecule has 0 spiro atoms. The van der Waals surface area contributed by atoms with Gasteiger partial charge in [0.25, 0.3) is 0 Å². The molecule has 100 valence electrons. The van der Waals surface area contributed by atoms with E-state index < -0.39 is 0 Å². The van der Waals surface area contributed by atoms with Crippen LogP contribution in [-0.4, -0.2) is 47.6 Å². The van der Waals surface area contributed by atoms with Crippen molar-refractivity contribution in [2.45, 2.75) is 38.0 Å². The molecule has 4 heteroatoms. The largest absolute Gasteiger partial charge is 0.346 e. The Bertz CT molecular complexity index is 362. The average molecular weight is 248 g/mol. The van der Waals surface area contributed by atoms with Gasteiger partial charge in [-0.2, -0.15) is 0 Å². The van der Waals surface area contributed by atoms with Gasteiger partial charge in [0.1, 0.15) is 5.82 Å². The molecular formula is C14H24N4. The first-order chi connectivity index (χ1) is 8.92. The van der Waals surface area contributed by atoms with Crippen molar-refractivity contribution in [3.05, 3.63) is 17.7 Å².